The standard InChI is InChI=1S/C16H19N3O3S/c1-2-11-6-3-4-7-12(11)14(20)13-10-19-15(23-13)17-8-5-9-18-16(21)22/h3-4,6-7,10,18H,2,5,8-9H2,1H3,(H,17,19)(H,21,22). The first-order chi connectivity index (χ1) is 11.1. The zero-order chi connectivity index (χ0) is 16.7. The van der Waals surface area contributed by atoms with Crippen molar-refractivity contribution in [2.75, 3.05) is 18.4 Å². The van der Waals surface area contributed by atoms with Gasteiger partial charge in [-0.2, -0.15) is 0 Å². The van der Waals surface area contributed by atoms with Gasteiger partial charge in [0.1, 0.15) is 0 Å². The summed E-state index contributed by atoms with van der Waals surface area (Å²) in [5.41, 5.74) is 1.75. The molecule has 1 aromatic heterocycles. The van der Waals surface area contributed by atoms with Crippen LogP contribution in [-0.4, -0.2) is 35.1 Å². The van der Waals surface area contributed by atoms with Gasteiger partial charge in [0.05, 0.1) is 11.1 Å². The number of carboxylic acid groups (broad SMARTS) is 1. The summed E-state index contributed by atoms with van der Waals surface area (Å²) in [6.07, 6.45) is 2.01. The van der Waals surface area contributed by atoms with Crippen molar-refractivity contribution in [3.63, 3.8) is 0 Å². The van der Waals surface area contributed by atoms with Gasteiger partial charge in [0.2, 0.25) is 5.78 Å². The fourth-order valence-electron chi connectivity index (χ4n) is 2.12. The maximum atomic E-state index is 12.6. The molecule has 0 aliphatic heterocycles. The fraction of sp³-hybridized carbons (Fsp3) is 0.312. The minimum atomic E-state index is -1.03. The number of thiazole rings is 1. The third-order valence-electron chi connectivity index (χ3n) is 3.28. The number of benzene rings is 1. The molecule has 1 aromatic carbocycles. The lowest BCUT2D eigenvalue weighted by atomic mass is 10.0. The highest BCUT2D eigenvalue weighted by Crippen LogP contribution is 2.23. The zero-order valence-corrected chi connectivity index (χ0v) is 13.7. The lowest BCUT2D eigenvalue weighted by Crippen LogP contribution is -2.23. The molecule has 1 heterocycles. The number of nitrogens with one attached hydrogen (secondary N) is 2. The maximum absolute atomic E-state index is 12.6. The van der Waals surface area contributed by atoms with Gasteiger partial charge in [-0.1, -0.05) is 42.5 Å². The van der Waals surface area contributed by atoms with E-state index in [-0.39, 0.29) is 5.78 Å². The molecule has 0 fully saturated rings. The minimum Gasteiger partial charge on any atom is -0.465 e. The summed E-state index contributed by atoms with van der Waals surface area (Å²) in [5.74, 6) is -0.0134. The van der Waals surface area contributed by atoms with Crippen molar-refractivity contribution >= 4 is 28.3 Å². The molecule has 0 radical (unpaired) electrons. The molecule has 0 unspecified atom stereocenters. The second kappa shape index (κ2) is 8.28. The van der Waals surface area contributed by atoms with Gasteiger partial charge in [-0.25, -0.2) is 9.78 Å². The first kappa shape index (κ1) is 17.0. The van der Waals surface area contributed by atoms with Crippen LogP contribution >= 0.6 is 11.3 Å². The Hall–Kier alpha value is -2.41. The van der Waals surface area contributed by atoms with Crippen LogP contribution in [0.1, 0.15) is 34.1 Å². The van der Waals surface area contributed by atoms with Crippen LogP contribution in [0.4, 0.5) is 9.93 Å². The Balaban J connectivity index is 1.93. The largest absolute Gasteiger partial charge is 0.465 e. The molecule has 0 aliphatic rings. The average Bonchev–Trinajstić information content (AvgIpc) is 3.02. The van der Waals surface area contributed by atoms with E-state index in [2.05, 4.69) is 15.6 Å². The normalized spacial score (nSPS) is 10.3. The Morgan fingerprint density at radius 3 is 2.78 bits per heavy atom. The van der Waals surface area contributed by atoms with E-state index in [0.717, 1.165) is 17.5 Å². The molecule has 1 amide bonds. The molecule has 7 heteroatoms. The first-order valence-electron chi connectivity index (χ1n) is 7.41. The van der Waals surface area contributed by atoms with E-state index in [1.807, 2.05) is 31.2 Å². The number of aromatic nitrogens is 1. The molecule has 0 saturated carbocycles. The van der Waals surface area contributed by atoms with Gasteiger partial charge in [-0.3, -0.25) is 4.79 Å². The van der Waals surface area contributed by atoms with Crippen molar-refractivity contribution in [1.82, 2.24) is 10.3 Å². The van der Waals surface area contributed by atoms with Crippen LogP contribution in [0.2, 0.25) is 0 Å². The lowest BCUT2D eigenvalue weighted by molar-refractivity contribution is 0.104. The number of amides is 1. The van der Waals surface area contributed by atoms with Gasteiger partial charge in [0, 0.05) is 18.7 Å². The summed E-state index contributed by atoms with van der Waals surface area (Å²) < 4.78 is 0. The van der Waals surface area contributed by atoms with E-state index < -0.39 is 6.09 Å². The zero-order valence-electron chi connectivity index (χ0n) is 12.8. The quantitative estimate of drug-likeness (QED) is 0.510. The Bertz CT molecular complexity index is 685. The predicted octanol–water partition coefficient (Wildman–Crippen LogP) is 3.01. The molecule has 0 aliphatic carbocycles. The molecule has 0 bridgehead atoms. The third kappa shape index (κ3) is 4.79. The molecule has 6 nitrogen and oxygen atoms in total. The molecule has 0 atom stereocenters. The van der Waals surface area contributed by atoms with Gasteiger partial charge < -0.3 is 15.7 Å². The van der Waals surface area contributed by atoms with E-state index in [4.69, 9.17) is 5.11 Å². The van der Waals surface area contributed by atoms with Crippen molar-refractivity contribution < 1.29 is 14.7 Å². The summed E-state index contributed by atoms with van der Waals surface area (Å²) in [5, 5.41) is 14.5. The monoisotopic (exact) mass is 333 g/mol. The highest BCUT2D eigenvalue weighted by atomic mass is 32.1. The Morgan fingerprint density at radius 2 is 2.04 bits per heavy atom. The average molecular weight is 333 g/mol. The van der Waals surface area contributed by atoms with E-state index in [1.54, 1.807) is 6.20 Å². The molecule has 3 N–H and O–H groups in total. The van der Waals surface area contributed by atoms with Crippen LogP contribution in [0.25, 0.3) is 0 Å². The Morgan fingerprint density at radius 1 is 1.26 bits per heavy atom. The fourth-order valence-corrected chi connectivity index (χ4v) is 2.92. The minimum absolute atomic E-state index is 0.0134. The molecule has 122 valence electrons. The topological polar surface area (TPSA) is 91.3 Å². The molecule has 0 spiro atoms. The van der Waals surface area contributed by atoms with Gasteiger partial charge in [0.15, 0.2) is 5.13 Å². The first-order valence-corrected chi connectivity index (χ1v) is 8.22. The SMILES string of the molecule is CCc1ccccc1C(=O)c1cnc(NCCCNC(=O)O)s1. The molecule has 2 rings (SSSR count). The van der Waals surface area contributed by atoms with E-state index >= 15 is 0 Å². The predicted molar refractivity (Wildman–Crippen MR) is 90.5 cm³/mol. The number of carbonyl (C=O) groups excluding carboxylic acids is 1. The van der Waals surface area contributed by atoms with E-state index in [0.29, 0.717) is 29.5 Å². The summed E-state index contributed by atoms with van der Waals surface area (Å²) >= 11 is 1.31. The van der Waals surface area contributed by atoms with Gasteiger partial charge in [-0.05, 0) is 18.4 Å². The number of anilines is 1. The summed E-state index contributed by atoms with van der Waals surface area (Å²) in [6, 6.07) is 7.59. The van der Waals surface area contributed by atoms with Gasteiger partial charge in [-0.15, -0.1) is 0 Å². The van der Waals surface area contributed by atoms with Crippen LogP contribution in [0.5, 0.6) is 0 Å². The number of nitrogens with zero attached hydrogens (tertiary/aromatic N) is 1. The van der Waals surface area contributed by atoms with Crippen LogP contribution in [0.15, 0.2) is 30.5 Å². The van der Waals surface area contributed by atoms with Crippen molar-refractivity contribution in [3.05, 3.63) is 46.5 Å². The lowest BCUT2D eigenvalue weighted by Gasteiger charge is -2.04. The number of carbonyl (C=O) groups is 2. The van der Waals surface area contributed by atoms with Crippen molar-refractivity contribution in [3.8, 4) is 0 Å². The summed E-state index contributed by atoms with van der Waals surface area (Å²) in [4.78, 5) is 27.7. The van der Waals surface area contributed by atoms with Gasteiger partial charge >= 0.3 is 6.09 Å². The van der Waals surface area contributed by atoms with Crippen LogP contribution in [0, 0.1) is 0 Å². The van der Waals surface area contributed by atoms with Crippen LogP contribution in [-0.2, 0) is 6.42 Å². The van der Waals surface area contributed by atoms with Crippen molar-refractivity contribution in [2.24, 2.45) is 0 Å². The number of rotatable bonds is 8. The Labute approximate surface area is 138 Å². The summed E-state index contributed by atoms with van der Waals surface area (Å²) in [7, 11) is 0. The van der Waals surface area contributed by atoms with E-state index in [9.17, 15) is 9.59 Å². The third-order valence-corrected chi connectivity index (χ3v) is 4.23. The second-order valence-electron chi connectivity index (χ2n) is 4.88. The highest BCUT2D eigenvalue weighted by Gasteiger charge is 2.15. The second-order valence-corrected chi connectivity index (χ2v) is 5.91. The Kier molecular flexibility index (Phi) is 6.10. The van der Waals surface area contributed by atoms with Crippen LogP contribution < -0.4 is 10.6 Å². The van der Waals surface area contributed by atoms with E-state index in [1.165, 1.54) is 11.3 Å². The number of hydrogen-bond acceptors (Lipinski definition) is 5. The molecule has 2 aromatic rings. The number of ketones is 1. The highest BCUT2D eigenvalue weighted by molar-refractivity contribution is 7.17. The maximum Gasteiger partial charge on any atom is 0.404 e. The number of aryl methyl sites for hydroxylation is 1. The molecular formula is C16H19N3O3S. The van der Waals surface area contributed by atoms with Crippen molar-refractivity contribution in [2.45, 2.75) is 19.8 Å². The smallest absolute Gasteiger partial charge is 0.404 e. The molecule has 23 heavy (non-hydrogen) atoms. The van der Waals surface area contributed by atoms with Crippen LogP contribution in [0.3, 0.4) is 0 Å². The van der Waals surface area contributed by atoms with Gasteiger partial charge in [0.25, 0.3) is 0 Å². The number of hydrogen-bond donors (Lipinski definition) is 3. The summed E-state index contributed by atoms with van der Waals surface area (Å²) in [6.45, 7) is 2.99. The molecular weight excluding hydrogens is 314 g/mol. The van der Waals surface area contributed by atoms with Crippen molar-refractivity contribution in [1.29, 1.82) is 0 Å². The molecule has 0 saturated heterocycles.